The van der Waals surface area contributed by atoms with Crippen LogP contribution in [0.2, 0.25) is 0 Å². The molecule has 0 bridgehead atoms. The summed E-state index contributed by atoms with van der Waals surface area (Å²) in [5.41, 5.74) is 7.72. The van der Waals surface area contributed by atoms with Crippen LogP contribution in [0.5, 0.6) is 0 Å². The van der Waals surface area contributed by atoms with E-state index in [1.165, 1.54) is 6.92 Å². The molecule has 2 N–H and O–H groups in total. The molecule has 3 nitrogen and oxygen atoms in total. The van der Waals surface area contributed by atoms with Gasteiger partial charge in [-0.1, -0.05) is 30.3 Å². The molecular weight excluding hydrogens is 202 g/mol. The average Bonchev–Trinajstić information content (AvgIpc) is 2.55. The van der Waals surface area contributed by atoms with Gasteiger partial charge in [0.2, 0.25) is 0 Å². The number of nitrogens with two attached hydrogens (primary N) is 1. The van der Waals surface area contributed by atoms with Crippen LogP contribution in [0.1, 0.15) is 23.0 Å². The van der Waals surface area contributed by atoms with Gasteiger partial charge in [-0.05, 0) is 13.8 Å². The number of furan rings is 1. The normalized spacial score (nSPS) is 10.4. The van der Waals surface area contributed by atoms with Gasteiger partial charge >= 0.3 is 0 Å². The summed E-state index contributed by atoms with van der Waals surface area (Å²) in [6, 6.07) is 9.53. The molecule has 82 valence electrons. The lowest BCUT2D eigenvalue weighted by molar-refractivity contribution is 0.101. The number of rotatable bonds is 2. The minimum Gasteiger partial charge on any atom is -0.458 e. The molecule has 0 saturated heterocycles. The van der Waals surface area contributed by atoms with E-state index in [1.807, 2.05) is 30.3 Å². The van der Waals surface area contributed by atoms with E-state index in [1.54, 1.807) is 6.92 Å². The fraction of sp³-hybridized carbons (Fsp3) is 0.154. The van der Waals surface area contributed by atoms with E-state index in [4.69, 9.17) is 10.2 Å². The van der Waals surface area contributed by atoms with Gasteiger partial charge in [-0.25, -0.2) is 0 Å². The van der Waals surface area contributed by atoms with Crippen LogP contribution < -0.4 is 5.73 Å². The molecule has 2 aromatic rings. The quantitative estimate of drug-likeness (QED) is 0.783. The topological polar surface area (TPSA) is 56.2 Å². The summed E-state index contributed by atoms with van der Waals surface area (Å²) in [5.74, 6) is 1.08. The zero-order chi connectivity index (χ0) is 11.7. The average molecular weight is 215 g/mol. The number of carbonyl (C=O) groups excluding carboxylic acids is 1. The Hall–Kier alpha value is -2.03. The number of nitrogen functional groups attached to an aromatic ring is 1. The number of carbonyl (C=O) groups is 1. The molecule has 0 fully saturated rings. The minimum atomic E-state index is -0.0686. The second kappa shape index (κ2) is 3.85. The summed E-state index contributed by atoms with van der Waals surface area (Å²) in [4.78, 5) is 11.4. The third-order valence-electron chi connectivity index (χ3n) is 2.51. The molecule has 0 aliphatic heterocycles. The highest BCUT2D eigenvalue weighted by Crippen LogP contribution is 2.33. The standard InChI is InChI=1S/C13H13NO2/c1-8(15)11-9(2)16-13(12(11)14)10-6-4-3-5-7-10/h3-7H,14H2,1-2H3. The van der Waals surface area contributed by atoms with E-state index in [0.29, 0.717) is 22.8 Å². The molecule has 1 aromatic heterocycles. The second-order valence-electron chi connectivity index (χ2n) is 3.70. The van der Waals surface area contributed by atoms with Crippen LogP contribution >= 0.6 is 0 Å². The van der Waals surface area contributed by atoms with Crippen molar-refractivity contribution in [3.8, 4) is 11.3 Å². The molecule has 2 rings (SSSR count). The molecule has 0 spiro atoms. The van der Waals surface area contributed by atoms with E-state index >= 15 is 0 Å². The Morgan fingerprint density at radius 3 is 2.38 bits per heavy atom. The number of hydrogen-bond donors (Lipinski definition) is 1. The van der Waals surface area contributed by atoms with Crippen LogP contribution in [-0.4, -0.2) is 5.78 Å². The van der Waals surface area contributed by atoms with E-state index in [2.05, 4.69) is 0 Å². The van der Waals surface area contributed by atoms with Gasteiger partial charge in [0.05, 0.1) is 11.3 Å². The number of benzene rings is 1. The van der Waals surface area contributed by atoms with Crippen LogP contribution in [0.15, 0.2) is 34.7 Å². The van der Waals surface area contributed by atoms with Crippen LogP contribution in [0.3, 0.4) is 0 Å². The summed E-state index contributed by atoms with van der Waals surface area (Å²) in [6.45, 7) is 3.24. The van der Waals surface area contributed by atoms with Gasteiger partial charge < -0.3 is 10.2 Å². The maximum atomic E-state index is 11.4. The monoisotopic (exact) mass is 215 g/mol. The molecule has 1 heterocycles. The Balaban J connectivity index is 2.61. The molecular formula is C13H13NO2. The predicted octanol–water partition coefficient (Wildman–Crippen LogP) is 3.04. The van der Waals surface area contributed by atoms with Gasteiger partial charge in [-0.15, -0.1) is 0 Å². The number of anilines is 1. The largest absolute Gasteiger partial charge is 0.458 e. The molecule has 0 atom stereocenters. The summed E-state index contributed by atoms with van der Waals surface area (Å²) in [7, 11) is 0. The van der Waals surface area contributed by atoms with Crippen LogP contribution in [0.25, 0.3) is 11.3 Å². The van der Waals surface area contributed by atoms with E-state index in [-0.39, 0.29) is 5.78 Å². The van der Waals surface area contributed by atoms with E-state index < -0.39 is 0 Å². The van der Waals surface area contributed by atoms with Crippen LogP contribution in [-0.2, 0) is 0 Å². The Morgan fingerprint density at radius 1 is 1.25 bits per heavy atom. The highest BCUT2D eigenvalue weighted by atomic mass is 16.3. The summed E-state index contributed by atoms with van der Waals surface area (Å²) in [6.07, 6.45) is 0. The molecule has 0 radical (unpaired) electrons. The maximum absolute atomic E-state index is 11.4. The molecule has 3 heteroatoms. The van der Waals surface area contributed by atoms with Crippen molar-refractivity contribution in [2.24, 2.45) is 0 Å². The number of hydrogen-bond acceptors (Lipinski definition) is 3. The Bertz CT molecular complexity index is 526. The number of aryl methyl sites for hydroxylation is 1. The van der Waals surface area contributed by atoms with Crippen molar-refractivity contribution in [1.29, 1.82) is 0 Å². The molecule has 0 unspecified atom stereocenters. The number of Topliss-reactive ketones (excluding diaryl/α,β-unsaturated/α-hetero) is 1. The van der Waals surface area contributed by atoms with Crippen molar-refractivity contribution >= 4 is 11.5 Å². The SMILES string of the molecule is CC(=O)c1c(C)oc(-c2ccccc2)c1N. The van der Waals surface area contributed by atoms with E-state index in [0.717, 1.165) is 5.56 Å². The first-order chi connectivity index (χ1) is 7.61. The van der Waals surface area contributed by atoms with Crippen molar-refractivity contribution in [3.05, 3.63) is 41.7 Å². The van der Waals surface area contributed by atoms with Crippen molar-refractivity contribution in [2.75, 3.05) is 5.73 Å². The summed E-state index contributed by atoms with van der Waals surface area (Å²) < 4.78 is 5.55. The molecule has 16 heavy (non-hydrogen) atoms. The third-order valence-corrected chi connectivity index (χ3v) is 2.51. The minimum absolute atomic E-state index is 0.0686. The zero-order valence-corrected chi connectivity index (χ0v) is 9.28. The fourth-order valence-electron chi connectivity index (χ4n) is 1.80. The van der Waals surface area contributed by atoms with Crippen LogP contribution in [0, 0.1) is 6.92 Å². The molecule has 1 aromatic carbocycles. The van der Waals surface area contributed by atoms with Gasteiger partial charge in [0.25, 0.3) is 0 Å². The van der Waals surface area contributed by atoms with Crippen molar-refractivity contribution in [3.63, 3.8) is 0 Å². The molecule has 0 amide bonds. The number of ketones is 1. The first kappa shape index (κ1) is 10.5. The Labute approximate surface area is 93.9 Å². The van der Waals surface area contributed by atoms with Crippen molar-refractivity contribution in [1.82, 2.24) is 0 Å². The van der Waals surface area contributed by atoms with Gasteiger partial charge in [0.15, 0.2) is 11.5 Å². The van der Waals surface area contributed by atoms with Crippen molar-refractivity contribution < 1.29 is 9.21 Å². The molecule has 0 saturated carbocycles. The Morgan fingerprint density at radius 2 is 1.88 bits per heavy atom. The third kappa shape index (κ3) is 1.60. The van der Waals surface area contributed by atoms with Crippen LogP contribution in [0.4, 0.5) is 5.69 Å². The lowest BCUT2D eigenvalue weighted by atomic mass is 10.1. The fourth-order valence-corrected chi connectivity index (χ4v) is 1.80. The van der Waals surface area contributed by atoms with Crippen molar-refractivity contribution in [2.45, 2.75) is 13.8 Å². The lowest BCUT2D eigenvalue weighted by Crippen LogP contribution is -1.98. The Kier molecular flexibility index (Phi) is 2.52. The zero-order valence-electron chi connectivity index (χ0n) is 9.28. The van der Waals surface area contributed by atoms with Gasteiger partial charge in [-0.3, -0.25) is 4.79 Å². The smallest absolute Gasteiger partial charge is 0.165 e. The molecule has 0 aliphatic carbocycles. The lowest BCUT2D eigenvalue weighted by Gasteiger charge is -1.97. The highest BCUT2D eigenvalue weighted by Gasteiger charge is 2.19. The first-order valence-corrected chi connectivity index (χ1v) is 5.06. The highest BCUT2D eigenvalue weighted by molar-refractivity contribution is 6.02. The summed E-state index contributed by atoms with van der Waals surface area (Å²) in [5, 5.41) is 0. The van der Waals surface area contributed by atoms with Gasteiger partial charge in [-0.2, -0.15) is 0 Å². The maximum Gasteiger partial charge on any atom is 0.165 e. The summed E-state index contributed by atoms with van der Waals surface area (Å²) >= 11 is 0. The molecule has 0 aliphatic rings. The van der Waals surface area contributed by atoms with E-state index in [9.17, 15) is 4.79 Å². The van der Waals surface area contributed by atoms with Gasteiger partial charge in [0, 0.05) is 5.56 Å². The predicted molar refractivity (Wildman–Crippen MR) is 63.3 cm³/mol. The first-order valence-electron chi connectivity index (χ1n) is 5.06. The second-order valence-corrected chi connectivity index (χ2v) is 3.70. The van der Waals surface area contributed by atoms with Gasteiger partial charge in [0.1, 0.15) is 5.76 Å².